The third-order valence-electron chi connectivity index (χ3n) is 3.19. The summed E-state index contributed by atoms with van der Waals surface area (Å²) >= 11 is 0. The number of carboxylic acid groups (broad SMARTS) is 1. The summed E-state index contributed by atoms with van der Waals surface area (Å²) in [6, 6.07) is 7.00. The van der Waals surface area contributed by atoms with Crippen LogP contribution in [0, 0.1) is 0 Å². The molecular formula is C15H10N2O3. The Morgan fingerprint density at radius 2 is 2.15 bits per heavy atom. The maximum Gasteiger partial charge on any atom is 0.337 e. The number of fused-ring (bicyclic) bond motifs is 1. The minimum Gasteiger partial charge on any atom is -0.478 e. The molecule has 0 bridgehead atoms. The van der Waals surface area contributed by atoms with Crippen LogP contribution in [0.4, 0.5) is 0 Å². The molecule has 0 saturated heterocycles. The Balaban J connectivity index is 2.41. The fourth-order valence-electron chi connectivity index (χ4n) is 2.33. The molecule has 0 aliphatic carbocycles. The molecule has 1 aromatic carbocycles. The van der Waals surface area contributed by atoms with Gasteiger partial charge >= 0.3 is 5.97 Å². The van der Waals surface area contributed by atoms with Crippen LogP contribution in [-0.2, 0) is 0 Å². The van der Waals surface area contributed by atoms with Gasteiger partial charge in [0.15, 0.2) is 6.29 Å². The molecule has 0 radical (unpaired) electrons. The molecule has 3 aromatic rings. The molecule has 98 valence electrons. The molecule has 5 nitrogen and oxygen atoms in total. The Hall–Kier alpha value is -2.95. The standard InChI is InChI=1S/C15H10N2O3/c18-8-10-7-17-12-4-3-11(9-2-1-5-16-6-9)14(13(10)12)15(19)20/h1-8,17H,(H,19,20). The van der Waals surface area contributed by atoms with Crippen LogP contribution in [0.3, 0.4) is 0 Å². The van der Waals surface area contributed by atoms with Crippen LogP contribution >= 0.6 is 0 Å². The van der Waals surface area contributed by atoms with Crippen molar-refractivity contribution < 1.29 is 14.7 Å². The lowest BCUT2D eigenvalue weighted by Crippen LogP contribution is -2.01. The van der Waals surface area contributed by atoms with Crippen molar-refractivity contribution >= 4 is 23.2 Å². The summed E-state index contributed by atoms with van der Waals surface area (Å²) in [5.74, 6) is -1.07. The van der Waals surface area contributed by atoms with Gasteiger partial charge in [0.1, 0.15) is 0 Å². The van der Waals surface area contributed by atoms with Crippen molar-refractivity contribution in [3.63, 3.8) is 0 Å². The van der Waals surface area contributed by atoms with Crippen molar-refractivity contribution in [1.82, 2.24) is 9.97 Å². The van der Waals surface area contributed by atoms with E-state index >= 15 is 0 Å². The second-order valence-corrected chi connectivity index (χ2v) is 4.32. The monoisotopic (exact) mass is 266 g/mol. The summed E-state index contributed by atoms with van der Waals surface area (Å²) in [6.45, 7) is 0. The first-order valence-electron chi connectivity index (χ1n) is 5.95. The summed E-state index contributed by atoms with van der Waals surface area (Å²) in [5.41, 5.74) is 2.31. The molecule has 0 aliphatic rings. The van der Waals surface area contributed by atoms with Crippen LogP contribution in [-0.4, -0.2) is 27.3 Å². The highest BCUT2D eigenvalue weighted by Gasteiger charge is 2.19. The fourth-order valence-corrected chi connectivity index (χ4v) is 2.33. The number of benzene rings is 1. The summed E-state index contributed by atoms with van der Waals surface area (Å²) in [7, 11) is 0. The van der Waals surface area contributed by atoms with Gasteiger partial charge in [0, 0.05) is 40.6 Å². The summed E-state index contributed by atoms with van der Waals surface area (Å²) in [5, 5.41) is 9.94. The molecule has 5 heteroatoms. The van der Waals surface area contributed by atoms with Crippen molar-refractivity contribution in [3.8, 4) is 11.1 Å². The minimum absolute atomic E-state index is 0.110. The largest absolute Gasteiger partial charge is 0.478 e. The number of aromatic carboxylic acids is 1. The van der Waals surface area contributed by atoms with Crippen LogP contribution in [0.5, 0.6) is 0 Å². The summed E-state index contributed by atoms with van der Waals surface area (Å²) in [4.78, 5) is 29.6. The van der Waals surface area contributed by atoms with Crippen LogP contribution in [0.2, 0.25) is 0 Å². The van der Waals surface area contributed by atoms with Gasteiger partial charge in [-0.25, -0.2) is 4.79 Å². The number of H-pyrrole nitrogens is 1. The van der Waals surface area contributed by atoms with Gasteiger partial charge in [0.25, 0.3) is 0 Å². The Morgan fingerprint density at radius 1 is 1.30 bits per heavy atom. The molecule has 2 aromatic heterocycles. The Labute approximate surface area is 113 Å². The maximum atomic E-state index is 11.6. The topological polar surface area (TPSA) is 83.0 Å². The molecule has 3 rings (SSSR count). The molecule has 0 saturated carbocycles. The van der Waals surface area contributed by atoms with Gasteiger partial charge in [-0.05, 0) is 17.7 Å². The molecule has 0 spiro atoms. The predicted molar refractivity (Wildman–Crippen MR) is 73.9 cm³/mol. The zero-order valence-corrected chi connectivity index (χ0v) is 10.3. The number of nitrogens with one attached hydrogen (secondary N) is 1. The molecule has 0 fully saturated rings. The number of hydrogen-bond donors (Lipinski definition) is 2. The van der Waals surface area contributed by atoms with Crippen molar-refractivity contribution in [2.45, 2.75) is 0 Å². The van der Waals surface area contributed by atoms with Crippen LogP contribution < -0.4 is 0 Å². The lowest BCUT2D eigenvalue weighted by molar-refractivity contribution is 0.0700. The smallest absolute Gasteiger partial charge is 0.337 e. The zero-order chi connectivity index (χ0) is 14.1. The molecule has 2 N–H and O–H groups in total. The van der Waals surface area contributed by atoms with E-state index in [0.29, 0.717) is 33.9 Å². The Bertz CT molecular complexity index is 807. The third kappa shape index (κ3) is 1.76. The molecule has 0 aliphatic heterocycles. The number of rotatable bonds is 3. The van der Waals surface area contributed by atoms with Crippen molar-refractivity contribution in [3.05, 3.63) is 54.0 Å². The van der Waals surface area contributed by atoms with E-state index in [0.717, 1.165) is 0 Å². The number of carbonyl (C=O) groups excluding carboxylic acids is 1. The summed E-state index contributed by atoms with van der Waals surface area (Å²) in [6.07, 6.45) is 5.38. The average Bonchev–Trinajstić information content (AvgIpc) is 2.90. The summed E-state index contributed by atoms with van der Waals surface area (Å²) < 4.78 is 0. The van der Waals surface area contributed by atoms with Crippen molar-refractivity contribution in [1.29, 1.82) is 0 Å². The third-order valence-corrected chi connectivity index (χ3v) is 3.19. The first-order chi connectivity index (χ1) is 9.72. The number of aromatic nitrogens is 2. The highest BCUT2D eigenvalue weighted by molar-refractivity contribution is 6.13. The molecule has 0 unspecified atom stereocenters. The number of pyridine rings is 1. The second kappa shape index (κ2) is 4.62. The Kier molecular flexibility index (Phi) is 2.80. The number of aromatic amines is 1. The second-order valence-electron chi connectivity index (χ2n) is 4.32. The number of hydrogen-bond acceptors (Lipinski definition) is 3. The Morgan fingerprint density at radius 3 is 2.80 bits per heavy atom. The van der Waals surface area contributed by atoms with Gasteiger partial charge in [-0.15, -0.1) is 0 Å². The van der Waals surface area contributed by atoms with Crippen LogP contribution in [0.25, 0.3) is 22.0 Å². The quantitative estimate of drug-likeness (QED) is 0.714. The highest BCUT2D eigenvalue weighted by atomic mass is 16.4. The van der Waals surface area contributed by atoms with E-state index in [-0.39, 0.29) is 5.56 Å². The van der Waals surface area contributed by atoms with Gasteiger partial charge in [0.05, 0.1) is 5.56 Å². The van der Waals surface area contributed by atoms with E-state index in [1.807, 2.05) is 0 Å². The van der Waals surface area contributed by atoms with Gasteiger partial charge in [-0.2, -0.15) is 0 Å². The number of nitrogens with zero attached hydrogens (tertiary/aromatic N) is 1. The van der Waals surface area contributed by atoms with Gasteiger partial charge < -0.3 is 10.1 Å². The van der Waals surface area contributed by atoms with Crippen molar-refractivity contribution in [2.24, 2.45) is 0 Å². The first kappa shape index (κ1) is 12.1. The fraction of sp³-hybridized carbons (Fsp3) is 0. The number of carbonyl (C=O) groups is 2. The molecular weight excluding hydrogens is 256 g/mol. The lowest BCUT2D eigenvalue weighted by atomic mass is 9.96. The highest BCUT2D eigenvalue weighted by Crippen LogP contribution is 2.31. The molecule has 2 heterocycles. The predicted octanol–water partition coefficient (Wildman–Crippen LogP) is 2.74. The van der Waals surface area contributed by atoms with Crippen LogP contribution in [0.1, 0.15) is 20.7 Å². The zero-order valence-electron chi connectivity index (χ0n) is 10.3. The average molecular weight is 266 g/mol. The first-order valence-corrected chi connectivity index (χ1v) is 5.95. The maximum absolute atomic E-state index is 11.6. The van der Waals surface area contributed by atoms with E-state index in [4.69, 9.17) is 0 Å². The van der Waals surface area contributed by atoms with Crippen LogP contribution in [0.15, 0.2) is 42.9 Å². The van der Waals surface area contributed by atoms with E-state index in [2.05, 4.69) is 9.97 Å². The SMILES string of the molecule is O=Cc1c[nH]c2ccc(-c3cccnc3)c(C(=O)O)c12. The molecule has 0 amide bonds. The number of aldehydes is 1. The normalized spacial score (nSPS) is 10.6. The molecule has 20 heavy (non-hydrogen) atoms. The van der Waals surface area contributed by atoms with E-state index < -0.39 is 5.97 Å². The van der Waals surface area contributed by atoms with Crippen molar-refractivity contribution in [2.75, 3.05) is 0 Å². The lowest BCUT2D eigenvalue weighted by Gasteiger charge is -2.08. The van der Waals surface area contributed by atoms with Gasteiger partial charge in [0.2, 0.25) is 0 Å². The van der Waals surface area contributed by atoms with E-state index in [1.54, 1.807) is 36.7 Å². The van der Waals surface area contributed by atoms with Gasteiger partial charge in [-0.3, -0.25) is 9.78 Å². The van der Waals surface area contributed by atoms with E-state index in [9.17, 15) is 14.7 Å². The minimum atomic E-state index is -1.07. The number of carboxylic acids is 1. The van der Waals surface area contributed by atoms with E-state index in [1.165, 1.54) is 6.20 Å². The van der Waals surface area contributed by atoms with Gasteiger partial charge in [-0.1, -0.05) is 12.1 Å². The molecule has 0 atom stereocenters.